The summed E-state index contributed by atoms with van der Waals surface area (Å²) in [6.45, 7) is 2.60. The van der Waals surface area contributed by atoms with E-state index in [4.69, 9.17) is 9.84 Å². The number of carboxylic acids is 1. The van der Waals surface area contributed by atoms with Gasteiger partial charge in [-0.1, -0.05) is 55.5 Å². The van der Waals surface area contributed by atoms with Crippen molar-refractivity contribution < 1.29 is 29.3 Å². The lowest BCUT2D eigenvalue weighted by Gasteiger charge is -2.24. The first-order valence-corrected chi connectivity index (χ1v) is 11.7. The molecule has 1 saturated heterocycles. The molecule has 34 heavy (non-hydrogen) atoms. The van der Waals surface area contributed by atoms with Crippen molar-refractivity contribution >= 4 is 18.0 Å². The Bertz CT molecular complexity index is 1030. The number of nitrogens with one attached hydrogen (secondary N) is 1. The number of likely N-dealkylation sites (tertiary alicyclic amines) is 1. The van der Waals surface area contributed by atoms with Crippen LogP contribution in [0.2, 0.25) is 0 Å². The van der Waals surface area contributed by atoms with Crippen LogP contribution in [0.25, 0.3) is 11.1 Å². The Morgan fingerprint density at radius 2 is 1.68 bits per heavy atom. The maximum Gasteiger partial charge on any atom is 0.407 e. The number of nitrogens with zero attached hydrogens (tertiary/aromatic N) is 1. The van der Waals surface area contributed by atoms with Crippen LogP contribution in [-0.4, -0.2) is 64.9 Å². The summed E-state index contributed by atoms with van der Waals surface area (Å²) in [5.74, 6) is -1.60. The highest BCUT2D eigenvalue weighted by atomic mass is 16.5. The average molecular weight is 467 g/mol. The quantitative estimate of drug-likeness (QED) is 0.551. The van der Waals surface area contributed by atoms with Crippen LogP contribution in [0.1, 0.15) is 43.2 Å². The van der Waals surface area contributed by atoms with Crippen molar-refractivity contribution in [3.05, 3.63) is 59.7 Å². The van der Waals surface area contributed by atoms with Gasteiger partial charge in [0.05, 0.1) is 6.10 Å². The SMILES string of the molecule is CCC1CN(C(=O)C(CCC(=O)O)NC(=O)OCC2c3ccccc3-c3ccccc32)CC1O. The van der Waals surface area contributed by atoms with E-state index in [0.29, 0.717) is 6.54 Å². The lowest BCUT2D eigenvalue weighted by Crippen LogP contribution is -2.48. The molecule has 0 radical (unpaired) electrons. The molecule has 1 aliphatic carbocycles. The lowest BCUT2D eigenvalue weighted by molar-refractivity contribution is -0.138. The van der Waals surface area contributed by atoms with Gasteiger partial charge < -0.3 is 25.2 Å². The highest BCUT2D eigenvalue weighted by Crippen LogP contribution is 2.44. The largest absolute Gasteiger partial charge is 0.481 e. The third-order valence-electron chi connectivity index (χ3n) is 6.82. The molecule has 0 saturated carbocycles. The average Bonchev–Trinajstić information content (AvgIpc) is 3.37. The summed E-state index contributed by atoms with van der Waals surface area (Å²) in [5, 5.41) is 21.8. The van der Waals surface area contributed by atoms with Gasteiger partial charge in [0.2, 0.25) is 5.91 Å². The van der Waals surface area contributed by atoms with Crippen LogP contribution in [0.3, 0.4) is 0 Å². The minimum Gasteiger partial charge on any atom is -0.481 e. The monoisotopic (exact) mass is 466 g/mol. The van der Waals surface area contributed by atoms with Gasteiger partial charge in [-0.05, 0) is 35.1 Å². The van der Waals surface area contributed by atoms with Crippen molar-refractivity contribution in [3.63, 3.8) is 0 Å². The van der Waals surface area contributed by atoms with Gasteiger partial charge in [-0.25, -0.2) is 4.79 Å². The number of fused-ring (bicyclic) bond motifs is 3. The molecule has 1 aliphatic heterocycles. The minimum atomic E-state index is -1.06. The Morgan fingerprint density at radius 3 is 2.24 bits per heavy atom. The summed E-state index contributed by atoms with van der Waals surface area (Å²) in [4.78, 5) is 38.3. The molecule has 1 heterocycles. The molecule has 3 atom stereocenters. The maximum atomic E-state index is 13.0. The Morgan fingerprint density at radius 1 is 1.06 bits per heavy atom. The van der Waals surface area contributed by atoms with E-state index in [1.807, 2.05) is 55.5 Å². The normalized spacial score (nSPS) is 19.9. The van der Waals surface area contributed by atoms with Crippen LogP contribution in [0.4, 0.5) is 4.79 Å². The zero-order chi connectivity index (χ0) is 24.2. The number of β-amino-alcohol motifs (C(OH)–C–C–N with tert-alkyl or cyclic N) is 1. The molecule has 0 bridgehead atoms. The number of carboxylic acid groups (broad SMARTS) is 1. The molecule has 0 spiro atoms. The van der Waals surface area contributed by atoms with Gasteiger partial charge >= 0.3 is 12.1 Å². The van der Waals surface area contributed by atoms with E-state index in [9.17, 15) is 19.5 Å². The molecule has 8 heteroatoms. The van der Waals surface area contributed by atoms with Gasteiger partial charge in [0.25, 0.3) is 0 Å². The van der Waals surface area contributed by atoms with E-state index in [1.165, 1.54) is 4.90 Å². The van der Waals surface area contributed by atoms with E-state index in [2.05, 4.69) is 5.32 Å². The fraction of sp³-hybridized carbons (Fsp3) is 0.423. The molecule has 2 amide bonds. The first-order valence-electron chi connectivity index (χ1n) is 11.7. The molecule has 2 aromatic rings. The van der Waals surface area contributed by atoms with E-state index >= 15 is 0 Å². The first-order chi connectivity index (χ1) is 16.4. The topological polar surface area (TPSA) is 116 Å². The third kappa shape index (κ3) is 4.92. The summed E-state index contributed by atoms with van der Waals surface area (Å²) in [7, 11) is 0. The molecule has 0 aromatic heterocycles. The molecule has 2 aromatic carbocycles. The van der Waals surface area contributed by atoms with Crippen LogP contribution in [0, 0.1) is 5.92 Å². The maximum absolute atomic E-state index is 13.0. The number of aliphatic carboxylic acids is 1. The minimum absolute atomic E-state index is 0.0291. The van der Waals surface area contributed by atoms with Gasteiger partial charge in [-0.2, -0.15) is 0 Å². The Kier molecular flexibility index (Phi) is 7.17. The number of benzene rings is 2. The Labute approximate surface area is 198 Å². The molecule has 8 nitrogen and oxygen atoms in total. The second kappa shape index (κ2) is 10.3. The summed E-state index contributed by atoms with van der Waals surface area (Å²) in [6, 6.07) is 14.9. The molecule has 4 rings (SSSR count). The van der Waals surface area contributed by atoms with Crippen LogP contribution >= 0.6 is 0 Å². The molecule has 1 fully saturated rings. The second-order valence-electron chi connectivity index (χ2n) is 8.93. The Balaban J connectivity index is 1.42. The number of alkyl carbamates (subject to hydrolysis) is 1. The number of ether oxygens (including phenoxy) is 1. The van der Waals surface area contributed by atoms with Crippen molar-refractivity contribution in [1.82, 2.24) is 10.2 Å². The molecular weight excluding hydrogens is 436 g/mol. The van der Waals surface area contributed by atoms with E-state index in [0.717, 1.165) is 28.7 Å². The first kappa shape index (κ1) is 23.8. The highest BCUT2D eigenvalue weighted by molar-refractivity contribution is 5.86. The fourth-order valence-corrected chi connectivity index (χ4v) is 4.96. The van der Waals surface area contributed by atoms with Crippen molar-refractivity contribution in [3.8, 4) is 11.1 Å². The number of carbonyl (C=O) groups is 3. The smallest absolute Gasteiger partial charge is 0.407 e. The van der Waals surface area contributed by atoms with Crippen molar-refractivity contribution in [1.29, 1.82) is 0 Å². The van der Waals surface area contributed by atoms with Gasteiger partial charge in [-0.3, -0.25) is 9.59 Å². The van der Waals surface area contributed by atoms with Gasteiger partial charge in [0, 0.05) is 31.3 Å². The van der Waals surface area contributed by atoms with Gasteiger partial charge in [0.15, 0.2) is 0 Å². The molecule has 3 unspecified atom stereocenters. The summed E-state index contributed by atoms with van der Waals surface area (Å²) in [6.07, 6.45) is -0.985. The number of amides is 2. The number of carbonyl (C=O) groups excluding carboxylic acids is 2. The summed E-state index contributed by atoms with van der Waals surface area (Å²) >= 11 is 0. The molecule has 180 valence electrons. The number of aliphatic hydroxyl groups excluding tert-OH is 1. The molecule has 2 aliphatic rings. The highest BCUT2D eigenvalue weighted by Gasteiger charge is 2.37. The second-order valence-corrected chi connectivity index (χ2v) is 8.93. The van der Waals surface area contributed by atoms with Crippen LogP contribution in [-0.2, 0) is 14.3 Å². The predicted octanol–water partition coefficient (Wildman–Crippen LogP) is 2.99. The zero-order valence-corrected chi connectivity index (χ0v) is 19.1. The number of hydrogen-bond acceptors (Lipinski definition) is 5. The van der Waals surface area contributed by atoms with Crippen molar-refractivity contribution in [2.45, 2.75) is 44.2 Å². The molecular formula is C26H30N2O6. The van der Waals surface area contributed by atoms with Crippen LogP contribution in [0.5, 0.6) is 0 Å². The zero-order valence-electron chi connectivity index (χ0n) is 19.1. The number of hydrogen-bond donors (Lipinski definition) is 3. The molecule has 3 N–H and O–H groups in total. The third-order valence-corrected chi connectivity index (χ3v) is 6.82. The van der Waals surface area contributed by atoms with Crippen LogP contribution < -0.4 is 5.32 Å². The van der Waals surface area contributed by atoms with Crippen molar-refractivity contribution in [2.24, 2.45) is 5.92 Å². The fourth-order valence-electron chi connectivity index (χ4n) is 4.96. The van der Waals surface area contributed by atoms with E-state index in [1.54, 1.807) is 0 Å². The van der Waals surface area contributed by atoms with E-state index in [-0.39, 0.29) is 37.8 Å². The van der Waals surface area contributed by atoms with E-state index < -0.39 is 30.1 Å². The predicted molar refractivity (Wildman–Crippen MR) is 125 cm³/mol. The number of rotatable bonds is 8. The Hall–Kier alpha value is -3.39. The van der Waals surface area contributed by atoms with Gasteiger partial charge in [0.1, 0.15) is 12.6 Å². The summed E-state index contributed by atoms with van der Waals surface area (Å²) < 4.78 is 5.54. The van der Waals surface area contributed by atoms with Gasteiger partial charge in [-0.15, -0.1) is 0 Å². The van der Waals surface area contributed by atoms with Crippen LogP contribution in [0.15, 0.2) is 48.5 Å². The number of aliphatic hydroxyl groups is 1. The lowest BCUT2D eigenvalue weighted by atomic mass is 9.98. The summed E-state index contributed by atoms with van der Waals surface area (Å²) in [5.41, 5.74) is 4.37. The standard InChI is InChI=1S/C26H30N2O6/c1-2-16-13-28(14-23(16)29)25(32)22(11-12-24(30)31)27-26(33)34-15-21-19-9-5-3-7-17(19)18-8-4-6-10-20(18)21/h3-10,16,21-23,29H,2,11-15H2,1H3,(H,27,33)(H,30,31). The van der Waals surface area contributed by atoms with Crippen molar-refractivity contribution in [2.75, 3.05) is 19.7 Å².